The summed E-state index contributed by atoms with van der Waals surface area (Å²) >= 11 is 0. The van der Waals surface area contributed by atoms with Gasteiger partial charge in [-0.15, -0.1) is 0 Å². The van der Waals surface area contributed by atoms with Crippen molar-refractivity contribution in [3.05, 3.63) is 59.7 Å². The molecule has 1 heterocycles. The molecule has 136 valence electrons. The Labute approximate surface area is 149 Å². The third-order valence-electron chi connectivity index (χ3n) is 3.90. The quantitative estimate of drug-likeness (QED) is 0.679. The van der Waals surface area contributed by atoms with Gasteiger partial charge in [0.15, 0.2) is 12.8 Å². The molecule has 0 amide bonds. The molecular formula is C18H24ClN2O4+. The van der Waals surface area contributed by atoms with Crippen LogP contribution in [0.4, 0.5) is 11.4 Å². The first-order valence-electron chi connectivity index (χ1n) is 7.87. The van der Waals surface area contributed by atoms with Gasteiger partial charge in [-0.1, -0.05) is 35.4 Å². The summed E-state index contributed by atoms with van der Waals surface area (Å²) in [6.45, 7) is 7.33. The van der Waals surface area contributed by atoms with Crippen LogP contribution in [0, 0.1) is 24.1 Å². The third kappa shape index (κ3) is 6.81. The molecule has 0 aromatic heterocycles. The van der Waals surface area contributed by atoms with Crippen molar-refractivity contribution in [2.45, 2.75) is 13.8 Å². The number of halogens is 1. The van der Waals surface area contributed by atoms with E-state index in [2.05, 4.69) is 78.1 Å². The fourth-order valence-corrected chi connectivity index (χ4v) is 2.57. The maximum atomic E-state index is 8.83. The van der Waals surface area contributed by atoms with Crippen LogP contribution in [0.2, 0.25) is 0 Å². The number of rotatable bonds is 2. The third-order valence-corrected chi connectivity index (χ3v) is 3.90. The van der Waals surface area contributed by atoms with Crippen molar-refractivity contribution in [2.24, 2.45) is 0 Å². The Morgan fingerprint density at radius 3 is 1.84 bits per heavy atom. The normalized spacial score (nSPS) is 15.1. The summed E-state index contributed by atoms with van der Waals surface area (Å²) < 4.78 is 32.6. The molecule has 1 aliphatic heterocycles. The van der Waals surface area contributed by atoms with Crippen LogP contribution in [0.5, 0.6) is 0 Å². The van der Waals surface area contributed by atoms with Crippen LogP contribution in [0.25, 0.3) is 0 Å². The van der Waals surface area contributed by atoms with Crippen LogP contribution < -0.4 is 9.56 Å². The van der Waals surface area contributed by atoms with Gasteiger partial charge in [-0.05, 0) is 26.0 Å². The maximum absolute atomic E-state index is 8.83. The monoisotopic (exact) mass is 367 g/mol. The van der Waals surface area contributed by atoms with Gasteiger partial charge < -0.3 is 4.90 Å². The van der Waals surface area contributed by atoms with Gasteiger partial charge >= 0.3 is 28.9 Å². The zero-order valence-corrected chi connectivity index (χ0v) is 15.1. The van der Waals surface area contributed by atoms with E-state index in [1.165, 1.54) is 22.5 Å². The molecule has 0 unspecified atom stereocenters. The average molecular weight is 368 g/mol. The van der Waals surface area contributed by atoms with E-state index in [0.29, 0.717) is 0 Å². The average Bonchev–Trinajstić information content (AvgIpc) is 2.55. The second-order valence-electron chi connectivity index (χ2n) is 5.93. The van der Waals surface area contributed by atoms with E-state index in [1.807, 2.05) is 0 Å². The summed E-state index contributed by atoms with van der Waals surface area (Å²) in [7, 11) is -4.19. The van der Waals surface area contributed by atoms with E-state index in [-0.39, 0.29) is 0 Å². The summed E-state index contributed by atoms with van der Waals surface area (Å²) in [5.41, 5.74) is 5.23. The second kappa shape index (κ2) is 8.42. The molecule has 0 saturated carbocycles. The van der Waals surface area contributed by atoms with Crippen molar-refractivity contribution in [2.75, 3.05) is 24.5 Å². The van der Waals surface area contributed by atoms with E-state index in [0.717, 1.165) is 19.6 Å². The first kappa shape index (κ1) is 19.4. The van der Waals surface area contributed by atoms with Gasteiger partial charge in [0, 0.05) is 17.8 Å². The Morgan fingerprint density at radius 2 is 1.40 bits per heavy atom. The van der Waals surface area contributed by atoms with Crippen molar-refractivity contribution in [3.63, 3.8) is 0 Å². The van der Waals surface area contributed by atoms with Crippen molar-refractivity contribution >= 4 is 17.6 Å². The number of aryl methyl sites for hydroxylation is 2. The summed E-state index contributed by atoms with van der Waals surface area (Å²) in [5, 5.41) is 0. The molecule has 0 spiro atoms. The Bertz CT molecular complexity index is 703. The SMILES string of the molecule is Cc1ccc(N2CC=[N+](c3ccc(C)cc3)CC2)cc1.[O-][Cl+](O)(O)O. The Morgan fingerprint density at radius 1 is 0.920 bits per heavy atom. The second-order valence-corrected chi connectivity index (χ2v) is 6.79. The number of nitrogens with zero attached hydrogens (tertiary/aromatic N) is 2. The molecule has 2 aromatic carbocycles. The first-order valence-corrected chi connectivity index (χ1v) is 9.19. The van der Waals surface area contributed by atoms with Crippen molar-refractivity contribution in [1.82, 2.24) is 0 Å². The van der Waals surface area contributed by atoms with Gasteiger partial charge in [-0.25, -0.2) is 0 Å². The minimum absolute atomic E-state index is 0.969. The standard InChI is InChI=1S/C18H21N2.ClH3O4/c1-15-3-7-17(8-4-15)19-11-13-20(14-12-19)18-9-5-16(2)6-10-18;2-1(3,4)5/h3-11H,12-14H2,1-2H3;2-4H/q+1;. The van der Waals surface area contributed by atoms with Gasteiger partial charge in [0.1, 0.15) is 0 Å². The van der Waals surface area contributed by atoms with E-state index in [9.17, 15) is 0 Å². The number of anilines is 1. The van der Waals surface area contributed by atoms with E-state index in [1.54, 1.807) is 0 Å². The molecule has 6 nitrogen and oxygen atoms in total. The van der Waals surface area contributed by atoms with Gasteiger partial charge in [-0.3, -0.25) is 0 Å². The van der Waals surface area contributed by atoms with Gasteiger partial charge in [0.2, 0.25) is 5.69 Å². The zero-order chi connectivity index (χ0) is 18.4. The number of hydrogen-bond acceptors (Lipinski definition) is 5. The fourth-order valence-electron chi connectivity index (χ4n) is 2.57. The molecule has 0 aliphatic carbocycles. The minimum atomic E-state index is -4.19. The Kier molecular flexibility index (Phi) is 6.52. The van der Waals surface area contributed by atoms with Crippen LogP contribution >= 0.6 is 0 Å². The molecular weight excluding hydrogens is 344 g/mol. The Balaban J connectivity index is 0.000000399. The van der Waals surface area contributed by atoms with E-state index >= 15 is 0 Å². The molecule has 0 bridgehead atoms. The molecule has 0 atom stereocenters. The fraction of sp³-hybridized carbons (Fsp3) is 0.278. The van der Waals surface area contributed by atoms with Crippen LogP contribution in [-0.4, -0.2) is 44.4 Å². The van der Waals surface area contributed by atoms with Gasteiger partial charge in [0.05, 0.1) is 13.1 Å². The summed E-state index contributed by atoms with van der Waals surface area (Å²) in [6.07, 6.45) is 2.29. The molecule has 0 saturated heterocycles. The van der Waals surface area contributed by atoms with Gasteiger partial charge in [-0.2, -0.15) is 4.58 Å². The van der Waals surface area contributed by atoms with Crippen LogP contribution in [0.1, 0.15) is 11.1 Å². The molecule has 7 heteroatoms. The summed E-state index contributed by atoms with van der Waals surface area (Å²) in [5.74, 6) is 0. The predicted octanol–water partition coefficient (Wildman–Crippen LogP) is 0.678. The van der Waals surface area contributed by atoms with Crippen molar-refractivity contribution < 1.29 is 33.5 Å². The summed E-state index contributed by atoms with van der Waals surface area (Å²) in [6, 6.07) is 17.5. The molecule has 1 aliphatic rings. The van der Waals surface area contributed by atoms with Crippen LogP contribution in [-0.2, 0) is 0 Å². The molecule has 25 heavy (non-hydrogen) atoms. The van der Waals surface area contributed by atoms with E-state index in [4.69, 9.17) is 18.6 Å². The number of hydrogen-bond donors (Lipinski definition) is 3. The zero-order valence-electron chi connectivity index (χ0n) is 14.3. The molecule has 3 N–H and O–H groups in total. The predicted molar refractivity (Wildman–Crippen MR) is 92.1 cm³/mol. The van der Waals surface area contributed by atoms with Crippen LogP contribution in [0.3, 0.4) is 0 Å². The molecule has 2 aromatic rings. The van der Waals surface area contributed by atoms with Crippen LogP contribution in [0.15, 0.2) is 48.5 Å². The van der Waals surface area contributed by atoms with Crippen molar-refractivity contribution in [1.29, 1.82) is 0 Å². The topological polar surface area (TPSA) is 90.0 Å². The van der Waals surface area contributed by atoms with Crippen molar-refractivity contribution in [3.8, 4) is 0 Å². The molecule has 3 rings (SSSR count). The molecule has 0 radical (unpaired) electrons. The molecule has 0 fully saturated rings. The summed E-state index contributed by atoms with van der Waals surface area (Å²) in [4.78, 5) is 2.42. The Hall–Kier alpha value is -1.96. The first-order chi connectivity index (χ1) is 11.7. The van der Waals surface area contributed by atoms with E-state index < -0.39 is 10.2 Å². The number of benzene rings is 2. The van der Waals surface area contributed by atoms with Gasteiger partial charge in [0.25, 0.3) is 0 Å².